The predicted molar refractivity (Wildman–Crippen MR) is 135 cm³/mol. The molecule has 0 spiro atoms. The van der Waals surface area contributed by atoms with Gasteiger partial charge in [-0.15, -0.1) is 0 Å². The number of aromatic nitrogens is 1. The number of nitrogens with zero attached hydrogens (tertiary/aromatic N) is 3. The molecule has 1 saturated heterocycles. The number of carbonyl (C=O) groups is 1. The molecule has 5 nitrogen and oxygen atoms in total. The molecule has 3 aromatic rings. The minimum Gasteiger partial charge on any atom is -0.508 e. The van der Waals surface area contributed by atoms with Crippen molar-refractivity contribution in [2.24, 2.45) is 0 Å². The Bertz CT molecular complexity index is 1050. The molecule has 1 N–H and O–H groups in total. The van der Waals surface area contributed by atoms with Crippen LogP contribution in [0.2, 0.25) is 0 Å². The summed E-state index contributed by atoms with van der Waals surface area (Å²) in [5, 5.41) is 10.8. The van der Waals surface area contributed by atoms with Gasteiger partial charge < -0.3 is 14.6 Å². The van der Waals surface area contributed by atoms with Crippen LogP contribution >= 0.6 is 0 Å². The minimum atomic E-state index is 0.176. The maximum absolute atomic E-state index is 12.7. The van der Waals surface area contributed by atoms with Crippen LogP contribution in [0.1, 0.15) is 61.5 Å². The minimum absolute atomic E-state index is 0.176. The molecule has 0 aliphatic carbocycles. The van der Waals surface area contributed by atoms with Crippen molar-refractivity contribution in [3.63, 3.8) is 0 Å². The molecule has 1 aliphatic heterocycles. The van der Waals surface area contributed by atoms with Gasteiger partial charge in [0.1, 0.15) is 5.75 Å². The SMILES string of the molecule is CCCCC(=O)c1cn(CCCN2CCN(C(C)c3ccccc3)CC2)c2ccc(O)cc12. The quantitative estimate of drug-likeness (QED) is 0.418. The highest BCUT2D eigenvalue weighted by molar-refractivity contribution is 6.08. The van der Waals surface area contributed by atoms with Gasteiger partial charge >= 0.3 is 0 Å². The Balaban J connectivity index is 1.33. The summed E-state index contributed by atoms with van der Waals surface area (Å²) in [5.41, 5.74) is 3.17. The van der Waals surface area contributed by atoms with Crippen molar-refractivity contribution in [2.75, 3.05) is 32.7 Å². The molecule has 33 heavy (non-hydrogen) atoms. The Labute approximate surface area is 197 Å². The lowest BCUT2D eigenvalue weighted by Crippen LogP contribution is -2.47. The van der Waals surface area contributed by atoms with E-state index in [2.05, 4.69) is 58.5 Å². The number of hydrogen-bond donors (Lipinski definition) is 1. The number of unbranched alkanes of at least 4 members (excludes halogenated alkanes) is 1. The number of benzene rings is 2. The van der Waals surface area contributed by atoms with Gasteiger partial charge in [-0.2, -0.15) is 0 Å². The average molecular weight is 448 g/mol. The Morgan fingerprint density at radius 1 is 1.00 bits per heavy atom. The molecule has 1 aromatic heterocycles. The van der Waals surface area contributed by atoms with E-state index in [1.165, 1.54) is 5.56 Å². The van der Waals surface area contributed by atoms with Crippen LogP contribution in [0.25, 0.3) is 10.9 Å². The summed E-state index contributed by atoms with van der Waals surface area (Å²) in [4.78, 5) is 17.9. The second-order valence-corrected chi connectivity index (χ2v) is 9.28. The Hall–Kier alpha value is -2.63. The van der Waals surface area contributed by atoms with Gasteiger partial charge in [0.2, 0.25) is 0 Å². The van der Waals surface area contributed by atoms with Crippen LogP contribution in [0, 0.1) is 0 Å². The maximum atomic E-state index is 12.7. The van der Waals surface area contributed by atoms with E-state index in [1.54, 1.807) is 12.1 Å². The molecule has 2 heterocycles. The van der Waals surface area contributed by atoms with E-state index in [-0.39, 0.29) is 11.5 Å². The van der Waals surface area contributed by atoms with Gasteiger partial charge in [0.15, 0.2) is 5.78 Å². The summed E-state index contributed by atoms with van der Waals surface area (Å²) < 4.78 is 2.20. The largest absolute Gasteiger partial charge is 0.508 e. The zero-order chi connectivity index (χ0) is 23.2. The Morgan fingerprint density at radius 2 is 1.76 bits per heavy atom. The first kappa shape index (κ1) is 23.5. The summed E-state index contributed by atoms with van der Waals surface area (Å²) in [6.07, 6.45) is 5.52. The third-order valence-corrected chi connectivity index (χ3v) is 7.03. The number of carbonyl (C=O) groups excluding carboxylic acids is 1. The fraction of sp³-hybridized carbons (Fsp3) is 0.464. The molecule has 1 fully saturated rings. The fourth-order valence-electron chi connectivity index (χ4n) is 4.95. The van der Waals surface area contributed by atoms with Crippen molar-refractivity contribution >= 4 is 16.7 Å². The number of rotatable bonds is 10. The Morgan fingerprint density at radius 3 is 2.48 bits per heavy atom. The molecule has 1 aliphatic rings. The van der Waals surface area contributed by atoms with Gasteiger partial charge in [-0.25, -0.2) is 0 Å². The predicted octanol–water partition coefficient (Wildman–Crippen LogP) is 5.49. The normalized spacial score (nSPS) is 16.3. The first-order chi connectivity index (χ1) is 16.1. The lowest BCUT2D eigenvalue weighted by Gasteiger charge is -2.38. The fourth-order valence-corrected chi connectivity index (χ4v) is 4.95. The van der Waals surface area contributed by atoms with Gasteiger partial charge in [0.05, 0.1) is 0 Å². The van der Waals surface area contributed by atoms with E-state index >= 15 is 0 Å². The van der Waals surface area contributed by atoms with E-state index < -0.39 is 0 Å². The molecule has 0 saturated carbocycles. The number of ketones is 1. The van der Waals surface area contributed by atoms with E-state index in [9.17, 15) is 9.90 Å². The monoisotopic (exact) mass is 447 g/mol. The topological polar surface area (TPSA) is 48.7 Å². The number of aryl methyl sites for hydroxylation is 1. The van der Waals surface area contributed by atoms with Crippen LogP contribution in [-0.2, 0) is 6.54 Å². The van der Waals surface area contributed by atoms with Crippen LogP contribution < -0.4 is 0 Å². The van der Waals surface area contributed by atoms with Gasteiger partial charge in [0, 0.05) is 67.8 Å². The average Bonchev–Trinajstić information content (AvgIpc) is 3.20. The third kappa shape index (κ3) is 5.66. The Kier molecular flexibility index (Phi) is 7.84. The van der Waals surface area contributed by atoms with Gasteiger partial charge in [-0.3, -0.25) is 9.69 Å². The number of phenols is 1. The molecular formula is C28H37N3O2. The zero-order valence-electron chi connectivity index (χ0n) is 20.0. The number of fused-ring (bicyclic) bond motifs is 1. The molecule has 4 rings (SSSR count). The van der Waals surface area contributed by atoms with Crippen LogP contribution in [0.15, 0.2) is 54.7 Å². The van der Waals surface area contributed by atoms with Crippen molar-refractivity contribution in [3.05, 3.63) is 65.9 Å². The first-order valence-corrected chi connectivity index (χ1v) is 12.4. The van der Waals surface area contributed by atoms with E-state index in [4.69, 9.17) is 0 Å². The van der Waals surface area contributed by atoms with Crippen molar-refractivity contribution in [3.8, 4) is 5.75 Å². The van der Waals surface area contributed by atoms with Crippen LogP contribution in [0.5, 0.6) is 5.75 Å². The second-order valence-electron chi connectivity index (χ2n) is 9.28. The zero-order valence-corrected chi connectivity index (χ0v) is 20.0. The van der Waals surface area contributed by atoms with E-state index in [0.717, 1.165) is 75.0 Å². The van der Waals surface area contributed by atoms with Crippen LogP contribution in [0.4, 0.5) is 0 Å². The van der Waals surface area contributed by atoms with Crippen molar-refractivity contribution < 1.29 is 9.90 Å². The highest BCUT2D eigenvalue weighted by Crippen LogP contribution is 2.27. The summed E-state index contributed by atoms with van der Waals surface area (Å²) in [6, 6.07) is 16.6. The standard InChI is InChI=1S/C28H37N3O2/c1-3-4-11-28(33)26-21-31(27-13-12-24(32)20-25(26)27)15-8-14-29-16-18-30(19-17-29)22(2)23-9-6-5-7-10-23/h5-7,9-10,12-13,20-22,32H,3-4,8,11,14-19H2,1-2H3. The van der Waals surface area contributed by atoms with Crippen LogP contribution in [0.3, 0.4) is 0 Å². The third-order valence-electron chi connectivity index (χ3n) is 7.03. The molecular weight excluding hydrogens is 410 g/mol. The van der Waals surface area contributed by atoms with E-state index in [0.29, 0.717) is 12.5 Å². The number of piperazine rings is 1. The molecule has 1 unspecified atom stereocenters. The molecule has 5 heteroatoms. The smallest absolute Gasteiger partial charge is 0.165 e. The lowest BCUT2D eigenvalue weighted by atomic mass is 10.0. The summed E-state index contributed by atoms with van der Waals surface area (Å²) in [5.74, 6) is 0.391. The number of hydrogen-bond acceptors (Lipinski definition) is 4. The summed E-state index contributed by atoms with van der Waals surface area (Å²) >= 11 is 0. The number of phenolic OH excluding ortho intramolecular Hbond substituents is 1. The highest BCUT2D eigenvalue weighted by atomic mass is 16.3. The van der Waals surface area contributed by atoms with Gasteiger partial charge in [0.25, 0.3) is 0 Å². The highest BCUT2D eigenvalue weighted by Gasteiger charge is 2.22. The van der Waals surface area contributed by atoms with E-state index in [1.807, 2.05) is 12.3 Å². The first-order valence-electron chi connectivity index (χ1n) is 12.4. The van der Waals surface area contributed by atoms with Crippen molar-refractivity contribution in [1.29, 1.82) is 0 Å². The molecule has 0 radical (unpaired) electrons. The molecule has 1 atom stereocenters. The van der Waals surface area contributed by atoms with Gasteiger partial charge in [-0.05, 0) is 50.1 Å². The second kappa shape index (κ2) is 11.0. The van der Waals surface area contributed by atoms with Crippen molar-refractivity contribution in [1.82, 2.24) is 14.4 Å². The summed E-state index contributed by atoms with van der Waals surface area (Å²) in [7, 11) is 0. The lowest BCUT2D eigenvalue weighted by molar-refractivity contribution is 0.0980. The number of Topliss-reactive ketones (excluding diaryl/α,β-unsaturated/α-hetero) is 1. The van der Waals surface area contributed by atoms with Crippen molar-refractivity contribution in [2.45, 2.75) is 52.1 Å². The van der Waals surface area contributed by atoms with Crippen LogP contribution in [-0.4, -0.2) is 58.0 Å². The molecule has 2 aromatic carbocycles. The molecule has 0 bridgehead atoms. The van der Waals surface area contributed by atoms with Gasteiger partial charge in [-0.1, -0.05) is 43.7 Å². The maximum Gasteiger partial charge on any atom is 0.165 e. The molecule has 0 amide bonds. The molecule has 176 valence electrons. The summed E-state index contributed by atoms with van der Waals surface area (Å²) in [6.45, 7) is 10.7. The number of aromatic hydroxyl groups is 1.